The van der Waals surface area contributed by atoms with Crippen molar-refractivity contribution in [1.29, 1.82) is 0 Å². The van der Waals surface area contributed by atoms with Crippen LogP contribution in [0.25, 0.3) is 0 Å². The van der Waals surface area contributed by atoms with Gasteiger partial charge in [0.25, 0.3) is 0 Å². The Labute approximate surface area is 124 Å². The molecular weight excluding hydrogens is 332 g/mol. The molecule has 0 unspecified atom stereocenters. The number of aromatic nitrogens is 2. The minimum Gasteiger partial charge on any atom is -0.485 e. The molecule has 0 spiro atoms. The molecule has 2 rings (SSSR count). The molecule has 1 aromatic carbocycles. The summed E-state index contributed by atoms with van der Waals surface area (Å²) in [5.74, 6) is 0.436. The minimum atomic E-state index is -0.133. The van der Waals surface area contributed by atoms with Gasteiger partial charge in [0.2, 0.25) is 5.78 Å². The van der Waals surface area contributed by atoms with Crippen LogP contribution < -0.4 is 4.74 Å². The zero-order valence-corrected chi connectivity index (χ0v) is 12.6. The second-order valence-corrected chi connectivity index (χ2v) is 5.12. The number of Topliss-reactive ketones (excluding diaryl/α,β-unsaturated/α-hetero) is 1. The van der Waals surface area contributed by atoms with E-state index < -0.39 is 0 Å². The molecule has 1 heterocycles. The number of hydrogen-bond acceptors (Lipinski definition) is 3. The van der Waals surface area contributed by atoms with Crippen molar-refractivity contribution < 1.29 is 9.53 Å². The first kappa shape index (κ1) is 14.1. The molecular formula is C13H12BrClN2O2. The van der Waals surface area contributed by atoms with Gasteiger partial charge in [0.15, 0.2) is 6.61 Å². The van der Waals surface area contributed by atoms with E-state index in [0.29, 0.717) is 27.5 Å². The molecule has 2 aromatic rings. The molecule has 0 aliphatic rings. The van der Waals surface area contributed by atoms with Crippen molar-refractivity contribution in [2.45, 2.75) is 13.5 Å². The monoisotopic (exact) mass is 342 g/mol. The normalized spacial score (nSPS) is 10.5. The van der Waals surface area contributed by atoms with Crippen molar-refractivity contribution in [2.24, 2.45) is 0 Å². The second-order valence-electron chi connectivity index (χ2n) is 3.83. The number of hydrogen-bond donors (Lipinski definition) is 0. The number of halogens is 2. The largest absolute Gasteiger partial charge is 0.485 e. The average Bonchev–Trinajstić information content (AvgIpc) is 2.77. The van der Waals surface area contributed by atoms with E-state index in [-0.39, 0.29) is 12.4 Å². The fraction of sp³-hybridized carbons (Fsp3) is 0.231. The van der Waals surface area contributed by atoms with Crippen molar-refractivity contribution >= 4 is 33.3 Å². The first-order chi connectivity index (χ1) is 9.11. The Kier molecular flexibility index (Phi) is 4.61. The van der Waals surface area contributed by atoms with Gasteiger partial charge in [-0.1, -0.05) is 17.7 Å². The van der Waals surface area contributed by atoms with E-state index in [4.69, 9.17) is 16.3 Å². The van der Waals surface area contributed by atoms with Gasteiger partial charge in [-0.2, -0.15) is 5.10 Å². The second kappa shape index (κ2) is 6.21. The summed E-state index contributed by atoms with van der Waals surface area (Å²) in [7, 11) is 0. The average molecular weight is 344 g/mol. The molecule has 0 saturated heterocycles. The number of benzene rings is 1. The molecule has 0 bridgehead atoms. The highest BCUT2D eigenvalue weighted by Crippen LogP contribution is 2.19. The van der Waals surface area contributed by atoms with Crippen LogP contribution >= 0.6 is 27.5 Å². The van der Waals surface area contributed by atoms with Gasteiger partial charge in [-0.05, 0) is 41.1 Å². The molecule has 6 heteroatoms. The first-order valence-electron chi connectivity index (χ1n) is 5.74. The number of aryl methyl sites for hydroxylation is 1. The molecule has 4 nitrogen and oxygen atoms in total. The SMILES string of the molecule is CCn1ncc(Br)c1C(=O)COc1cccc(Cl)c1. The van der Waals surface area contributed by atoms with Crippen molar-refractivity contribution in [3.8, 4) is 5.75 Å². The van der Waals surface area contributed by atoms with E-state index in [0.717, 1.165) is 0 Å². The van der Waals surface area contributed by atoms with Crippen LogP contribution in [0.2, 0.25) is 5.02 Å². The molecule has 0 radical (unpaired) electrons. The number of carbonyl (C=O) groups is 1. The molecule has 19 heavy (non-hydrogen) atoms. The third kappa shape index (κ3) is 3.36. The third-order valence-electron chi connectivity index (χ3n) is 2.52. The van der Waals surface area contributed by atoms with Crippen LogP contribution in [0, 0.1) is 0 Å². The number of ether oxygens (including phenoxy) is 1. The third-order valence-corrected chi connectivity index (χ3v) is 3.34. The molecule has 0 saturated carbocycles. The highest BCUT2D eigenvalue weighted by molar-refractivity contribution is 9.10. The number of ketones is 1. The maximum absolute atomic E-state index is 12.1. The highest BCUT2D eigenvalue weighted by atomic mass is 79.9. The van der Waals surface area contributed by atoms with Gasteiger partial charge >= 0.3 is 0 Å². The smallest absolute Gasteiger partial charge is 0.219 e. The van der Waals surface area contributed by atoms with Crippen LogP contribution in [0.5, 0.6) is 5.75 Å². The summed E-state index contributed by atoms with van der Waals surface area (Å²) in [6.07, 6.45) is 1.61. The van der Waals surface area contributed by atoms with E-state index in [9.17, 15) is 4.79 Å². The summed E-state index contributed by atoms with van der Waals surface area (Å²) < 4.78 is 7.74. The molecule has 0 atom stereocenters. The lowest BCUT2D eigenvalue weighted by Crippen LogP contribution is -2.17. The van der Waals surface area contributed by atoms with Crippen molar-refractivity contribution in [3.63, 3.8) is 0 Å². The van der Waals surface area contributed by atoms with Gasteiger partial charge in [-0.25, -0.2) is 0 Å². The summed E-state index contributed by atoms with van der Waals surface area (Å²) in [4.78, 5) is 12.1. The van der Waals surface area contributed by atoms with Gasteiger partial charge in [-0.15, -0.1) is 0 Å². The Hall–Kier alpha value is -1.33. The zero-order valence-electron chi connectivity index (χ0n) is 10.3. The lowest BCUT2D eigenvalue weighted by atomic mass is 10.3. The highest BCUT2D eigenvalue weighted by Gasteiger charge is 2.16. The van der Waals surface area contributed by atoms with Gasteiger partial charge in [0, 0.05) is 11.6 Å². The molecule has 0 aliphatic carbocycles. The van der Waals surface area contributed by atoms with Gasteiger partial charge in [0.05, 0.1) is 10.7 Å². The van der Waals surface area contributed by atoms with Gasteiger partial charge in [-0.3, -0.25) is 9.48 Å². The summed E-state index contributed by atoms with van der Waals surface area (Å²) in [6, 6.07) is 6.94. The van der Waals surface area contributed by atoms with E-state index in [1.54, 1.807) is 35.1 Å². The van der Waals surface area contributed by atoms with Gasteiger partial charge in [0.1, 0.15) is 11.4 Å². The Morgan fingerprint density at radius 3 is 3.00 bits per heavy atom. The standard InChI is InChI=1S/C13H12BrClN2O2/c1-2-17-13(11(14)7-16-17)12(18)8-19-10-5-3-4-9(15)6-10/h3-7H,2,8H2,1H3. The summed E-state index contributed by atoms with van der Waals surface area (Å²) >= 11 is 9.16. The van der Waals surface area contributed by atoms with Crippen LogP contribution in [-0.2, 0) is 6.54 Å². The van der Waals surface area contributed by atoms with Crippen molar-refractivity contribution in [1.82, 2.24) is 9.78 Å². The topological polar surface area (TPSA) is 44.1 Å². The predicted molar refractivity (Wildman–Crippen MR) is 76.9 cm³/mol. The lowest BCUT2D eigenvalue weighted by Gasteiger charge is -2.07. The van der Waals surface area contributed by atoms with Crippen LogP contribution in [0.4, 0.5) is 0 Å². The number of carbonyl (C=O) groups excluding carboxylic acids is 1. The quantitative estimate of drug-likeness (QED) is 0.779. The van der Waals surface area contributed by atoms with Crippen LogP contribution in [0.3, 0.4) is 0 Å². The van der Waals surface area contributed by atoms with Crippen LogP contribution in [0.1, 0.15) is 17.4 Å². The zero-order chi connectivity index (χ0) is 13.8. The molecule has 100 valence electrons. The summed E-state index contributed by atoms with van der Waals surface area (Å²) in [5.41, 5.74) is 0.518. The van der Waals surface area contributed by atoms with Gasteiger partial charge < -0.3 is 4.74 Å². The molecule has 0 fully saturated rings. The van der Waals surface area contributed by atoms with Crippen molar-refractivity contribution in [2.75, 3.05) is 6.61 Å². The van der Waals surface area contributed by atoms with E-state index >= 15 is 0 Å². The fourth-order valence-electron chi connectivity index (χ4n) is 1.65. The lowest BCUT2D eigenvalue weighted by molar-refractivity contribution is 0.0910. The Morgan fingerprint density at radius 1 is 1.53 bits per heavy atom. The molecule has 1 aromatic heterocycles. The Morgan fingerprint density at radius 2 is 2.32 bits per heavy atom. The Bertz CT molecular complexity index is 598. The fourth-order valence-corrected chi connectivity index (χ4v) is 2.35. The number of nitrogens with zero attached hydrogens (tertiary/aromatic N) is 2. The summed E-state index contributed by atoms with van der Waals surface area (Å²) in [6.45, 7) is 2.50. The summed E-state index contributed by atoms with van der Waals surface area (Å²) in [5, 5.41) is 4.67. The maximum atomic E-state index is 12.1. The van der Waals surface area contributed by atoms with E-state index in [1.807, 2.05) is 6.92 Å². The molecule has 0 amide bonds. The first-order valence-corrected chi connectivity index (χ1v) is 6.91. The van der Waals surface area contributed by atoms with Crippen LogP contribution in [-0.4, -0.2) is 22.2 Å². The van der Waals surface area contributed by atoms with Crippen LogP contribution in [0.15, 0.2) is 34.9 Å². The minimum absolute atomic E-state index is 0.0510. The molecule has 0 aliphatic heterocycles. The van der Waals surface area contributed by atoms with E-state index in [2.05, 4.69) is 21.0 Å². The van der Waals surface area contributed by atoms with E-state index in [1.165, 1.54) is 0 Å². The van der Waals surface area contributed by atoms with Crippen molar-refractivity contribution in [3.05, 3.63) is 45.7 Å². The maximum Gasteiger partial charge on any atom is 0.219 e. The number of rotatable bonds is 5. The molecule has 0 N–H and O–H groups in total. The predicted octanol–water partition coefficient (Wildman–Crippen LogP) is 3.58. The Balaban J connectivity index is 2.07.